The minimum atomic E-state index is -2.96. The maximum Gasteiger partial charge on any atom is 0.388 e. The lowest BCUT2D eigenvalue weighted by Gasteiger charge is -2.03. The Bertz CT molecular complexity index is 727. The summed E-state index contributed by atoms with van der Waals surface area (Å²) in [5, 5.41) is 0. The molecule has 12 heteroatoms. The van der Waals surface area contributed by atoms with Gasteiger partial charge in [-0.2, -0.15) is 17.6 Å². The average molecular weight is 405 g/mol. The number of alkyl halides is 4. The summed E-state index contributed by atoms with van der Waals surface area (Å²) in [5.41, 5.74) is 5.02. The number of hydrogen-bond acceptors (Lipinski definition) is 8. The molecule has 0 aliphatic heterocycles. The van der Waals surface area contributed by atoms with E-state index in [1.54, 1.807) is 0 Å². The number of halogens is 4. The van der Waals surface area contributed by atoms with Crippen molar-refractivity contribution in [3.63, 3.8) is 0 Å². The van der Waals surface area contributed by atoms with E-state index in [9.17, 15) is 27.2 Å². The summed E-state index contributed by atoms with van der Waals surface area (Å²) in [6, 6.07) is 7.94. The molecule has 0 saturated heterocycles. The van der Waals surface area contributed by atoms with Crippen LogP contribution in [-0.2, 0) is 4.74 Å². The zero-order valence-electron chi connectivity index (χ0n) is 14.4. The summed E-state index contributed by atoms with van der Waals surface area (Å²) in [4.78, 5) is 29.0. The smallest absolute Gasteiger partial charge is 0.388 e. The number of esters is 1. The number of ether oxygens (including phenoxy) is 3. The molecule has 0 bridgehead atoms. The highest BCUT2D eigenvalue weighted by Gasteiger charge is 2.11. The van der Waals surface area contributed by atoms with Crippen LogP contribution in [0, 0.1) is 0 Å². The lowest BCUT2D eigenvalue weighted by atomic mass is 10.2. The number of hydrogen-bond donors (Lipinski definition) is 1. The summed E-state index contributed by atoms with van der Waals surface area (Å²) >= 11 is 0. The van der Waals surface area contributed by atoms with Gasteiger partial charge in [0.15, 0.2) is 11.5 Å². The maximum absolute atomic E-state index is 11.8. The van der Waals surface area contributed by atoms with E-state index in [0.29, 0.717) is 0 Å². The number of methoxy groups -OCH3 is 1. The second-order valence-corrected chi connectivity index (χ2v) is 4.60. The van der Waals surface area contributed by atoms with Gasteiger partial charge in [0, 0.05) is 12.1 Å². The van der Waals surface area contributed by atoms with Gasteiger partial charge in [-0.1, -0.05) is 12.1 Å². The molecule has 0 aromatic carbocycles. The van der Waals surface area contributed by atoms with E-state index < -0.39 is 25.0 Å². The number of ketones is 1. The molecule has 0 fully saturated rings. The van der Waals surface area contributed by atoms with Crippen molar-refractivity contribution in [3.05, 3.63) is 47.8 Å². The Morgan fingerprint density at radius 2 is 1.39 bits per heavy atom. The normalized spacial score (nSPS) is 10.1. The molecule has 8 nitrogen and oxygen atoms in total. The molecule has 0 unspecified atom stereocenters. The second kappa shape index (κ2) is 11.4. The predicted octanol–water partition coefficient (Wildman–Crippen LogP) is 2.29. The summed E-state index contributed by atoms with van der Waals surface area (Å²) in [5.74, 6) is -1.74. The van der Waals surface area contributed by atoms with Gasteiger partial charge in [-0.3, -0.25) is 4.79 Å². The third kappa shape index (κ3) is 7.95. The van der Waals surface area contributed by atoms with Gasteiger partial charge in [-0.15, -0.1) is 0 Å². The molecule has 0 aliphatic carbocycles. The maximum atomic E-state index is 11.8. The fraction of sp³-hybridized carbons (Fsp3) is 0.250. The van der Waals surface area contributed by atoms with E-state index in [-0.39, 0.29) is 29.7 Å². The highest BCUT2D eigenvalue weighted by Crippen LogP contribution is 2.12. The van der Waals surface area contributed by atoms with Crippen LogP contribution in [0.1, 0.15) is 21.0 Å². The summed E-state index contributed by atoms with van der Waals surface area (Å²) in [6.45, 7) is -6.13. The van der Waals surface area contributed by atoms with Crippen molar-refractivity contribution in [2.45, 2.75) is 13.2 Å². The predicted molar refractivity (Wildman–Crippen MR) is 86.5 cm³/mol. The van der Waals surface area contributed by atoms with Crippen LogP contribution < -0.4 is 15.2 Å². The van der Waals surface area contributed by atoms with Crippen LogP contribution in [0.5, 0.6) is 11.8 Å². The fourth-order valence-electron chi connectivity index (χ4n) is 1.62. The van der Waals surface area contributed by atoms with E-state index >= 15 is 0 Å². The number of Topliss-reactive ketones (excluding diaryl/α,β-unsaturated/α-hetero) is 1. The van der Waals surface area contributed by atoms with Crippen LogP contribution in [-0.4, -0.2) is 48.6 Å². The zero-order chi connectivity index (χ0) is 21.1. The second-order valence-electron chi connectivity index (χ2n) is 4.60. The Kier molecular flexibility index (Phi) is 9.30. The number of rotatable bonds is 7. The van der Waals surface area contributed by atoms with E-state index in [4.69, 9.17) is 5.73 Å². The molecule has 0 spiro atoms. The molecule has 0 amide bonds. The lowest BCUT2D eigenvalue weighted by molar-refractivity contribution is -0.0536. The standard InChI is InChI=1S/C8H8F2N2O2.C8H7F2NO3/c9-8(10)14-7-3-1-2-5(12-7)6(13)4-11;1-13-7(12)5-3-2-4-6(11-5)14-8(9)10/h1-3,8H,4,11H2;2-4,8H,1H3. The third-order valence-corrected chi connectivity index (χ3v) is 2.73. The highest BCUT2D eigenvalue weighted by atomic mass is 19.3. The van der Waals surface area contributed by atoms with Crippen LogP contribution >= 0.6 is 0 Å². The SMILES string of the molecule is COC(=O)c1cccc(OC(F)F)n1.NCC(=O)c1cccc(OC(F)F)n1. The van der Waals surface area contributed by atoms with Gasteiger partial charge in [-0.25, -0.2) is 14.8 Å². The van der Waals surface area contributed by atoms with Crippen LogP contribution in [0.15, 0.2) is 36.4 Å². The third-order valence-electron chi connectivity index (χ3n) is 2.73. The van der Waals surface area contributed by atoms with Crippen molar-refractivity contribution in [1.29, 1.82) is 0 Å². The van der Waals surface area contributed by atoms with E-state index in [0.717, 1.165) is 0 Å². The monoisotopic (exact) mass is 405 g/mol. The van der Waals surface area contributed by atoms with Gasteiger partial charge < -0.3 is 19.9 Å². The van der Waals surface area contributed by atoms with Crippen LogP contribution in [0.2, 0.25) is 0 Å². The van der Waals surface area contributed by atoms with Gasteiger partial charge in [0.25, 0.3) is 0 Å². The fourth-order valence-corrected chi connectivity index (χ4v) is 1.62. The molecule has 2 N–H and O–H groups in total. The van der Waals surface area contributed by atoms with Crippen molar-refractivity contribution in [3.8, 4) is 11.8 Å². The Labute approximate surface area is 156 Å². The molecular weight excluding hydrogens is 390 g/mol. The molecule has 0 atom stereocenters. The van der Waals surface area contributed by atoms with E-state index in [1.165, 1.54) is 43.5 Å². The molecule has 2 heterocycles. The van der Waals surface area contributed by atoms with Crippen LogP contribution in [0.4, 0.5) is 17.6 Å². The largest absolute Gasteiger partial charge is 0.464 e. The summed E-state index contributed by atoms with van der Waals surface area (Å²) in [7, 11) is 1.17. The molecule has 2 aromatic heterocycles. The minimum absolute atomic E-state index is 0.0191. The Morgan fingerprint density at radius 3 is 1.82 bits per heavy atom. The molecule has 2 rings (SSSR count). The Morgan fingerprint density at radius 1 is 0.929 bits per heavy atom. The first-order valence-electron chi connectivity index (χ1n) is 7.42. The quantitative estimate of drug-likeness (QED) is 0.424. The van der Waals surface area contributed by atoms with Crippen molar-refractivity contribution in [1.82, 2.24) is 9.97 Å². The van der Waals surface area contributed by atoms with Crippen LogP contribution in [0.3, 0.4) is 0 Å². The van der Waals surface area contributed by atoms with E-state index in [2.05, 4.69) is 24.2 Å². The van der Waals surface area contributed by atoms with Crippen molar-refractivity contribution in [2.24, 2.45) is 5.73 Å². The summed E-state index contributed by atoms with van der Waals surface area (Å²) < 4.78 is 59.4. The first-order valence-corrected chi connectivity index (χ1v) is 7.42. The summed E-state index contributed by atoms with van der Waals surface area (Å²) in [6.07, 6.45) is 0. The lowest BCUT2D eigenvalue weighted by Crippen LogP contribution is -2.15. The first-order chi connectivity index (χ1) is 13.3. The highest BCUT2D eigenvalue weighted by molar-refractivity contribution is 5.95. The number of carbonyl (C=O) groups is 2. The van der Waals surface area contributed by atoms with Gasteiger partial charge >= 0.3 is 19.2 Å². The number of nitrogens with two attached hydrogens (primary N) is 1. The number of aromatic nitrogens is 2. The van der Waals surface area contributed by atoms with Crippen molar-refractivity contribution in [2.75, 3.05) is 13.7 Å². The number of pyridine rings is 2. The van der Waals surface area contributed by atoms with Gasteiger partial charge in [-0.05, 0) is 12.1 Å². The topological polar surface area (TPSA) is 114 Å². The van der Waals surface area contributed by atoms with Crippen molar-refractivity contribution < 1.29 is 41.4 Å². The number of nitrogens with zero attached hydrogens (tertiary/aromatic N) is 2. The molecule has 0 radical (unpaired) electrons. The molecule has 0 aliphatic rings. The van der Waals surface area contributed by atoms with E-state index in [1.807, 2.05) is 0 Å². The molecule has 28 heavy (non-hydrogen) atoms. The average Bonchev–Trinajstić information content (AvgIpc) is 2.66. The molecule has 152 valence electrons. The Balaban J connectivity index is 0.000000280. The van der Waals surface area contributed by atoms with Gasteiger partial charge in [0.2, 0.25) is 11.8 Å². The minimum Gasteiger partial charge on any atom is -0.464 e. The van der Waals surface area contributed by atoms with Crippen molar-refractivity contribution >= 4 is 11.8 Å². The van der Waals surface area contributed by atoms with Gasteiger partial charge in [0.05, 0.1) is 13.7 Å². The Hall–Kier alpha value is -3.28. The van der Waals surface area contributed by atoms with Crippen LogP contribution in [0.25, 0.3) is 0 Å². The number of carbonyl (C=O) groups excluding carboxylic acids is 2. The molecule has 2 aromatic rings. The first kappa shape index (κ1) is 22.8. The van der Waals surface area contributed by atoms with Gasteiger partial charge in [0.1, 0.15) is 5.69 Å². The molecule has 0 saturated carbocycles. The molecular formula is C16H15F4N3O5. The zero-order valence-corrected chi connectivity index (χ0v) is 14.4.